The third-order valence-electron chi connectivity index (χ3n) is 1.59. The van der Waals surface area contributed by atoms with Crippen molar-refractivity contribution in [2.24, 2.45) is 0 Å². The lowest BCUT2D eigenvalue weighted by molar-refractivity contribution is -0.137. The zero-order chi connectivity index (χ0) is 11.2. The van der Waals surface area contributed by atoms with Gasteiger partial charge in [0.15, 0.2) is 0 Å². The van der Waals surface area contributed by atoms with Crippen molar-refractivity contribution in [2.75, 3.05) is 20.1 Å². The Labute approximate surface area is 84.1 Å². The standard InChI is InChI=1S/C7H16N2O4S/c1-3-5-8-14(12,13)9(2)6-4-7(10)11/h8H,3-6H2,1-2H3,(H,10,11). The van der Waals surface area contributed by atoms with Crippen LogP contribution >= 0.6 is 0 Å². The average molecular weight is 224 g/mol. The van der Waals surface area contributed by atoms with Gasteiger partial charge in [-0.1, -0.05) is 6.92 Å². The molecule has 14 heavy (non-hydrogen) atoms. The first-order chi connectivity index (χ1) is 6.40. The Morgan fingerprint density at radius 2 is 2.07 bits per heavy atom. The Morgan fingerprint density at radius 3 is 2.50 bits per heavy atom. The highest BCUT2D eigenvalue weighted by Gasteiger charge is 2.16. The van der Waals surface area contributed by atoms with Crippen LogP contribution in [0.15, 0.2) is 0 Å². The maximum atomic E-state index is 11.3. The van der Waals surface area contributed by atoms with Crippen molar-refractivity contribution in [2.45, 2.75) is 19.8 Å². The summed E-state index contributed by atoms with van der Waals surface area (Å²) in [7, 11) is -2.15. The fourth-order valence-corrected chi connectivity index (χ4v) is 1.73. The van der Waals surface area contributed by atoms with Crippen LogP contribution in [-0.2, 0) is 15.0 Å². The molecule has 0 aromatic rings. The molecule has 0 spiro atoms. The molecule has 0 aliphatic rings. The molecule has 0 aliphatic heterocycles. The van der Waals surface area contributed by atoms with Crippen LogP contribution in [0.5, 0.6) is 0 Å². The van der Waals surface area contributed by atoms with Crippen LogP contribution in [0, 0.1) is 0 Å². The van der Waals surface area contributed by atoms with Crippen LogP contribution in [0.1, 0.15) is 19.8 Å². The van der Waals surface area contributed by atoms with Gasteiger partial charge in [0.25, 0.3) is 10.2 Å². The van der Waals surface area contributed by atoms with Crippen molar-refractivity contribution in [1.29, 1.82) is 0 Å². The lowest BCUT2D eigenvalue weighted by Gasteiger charge is -2.16. The number of carboxylic acids is 1. The fourth-order valence-electron chi connectivity index (χ4n) is 0.715. The second-order valence-electron chi connectivity index (χ2n) is 2.86. The highest BCUT2D eigenvalue weighted by Crippen LogP contribution is 1.95. The summed E-state index contributed by atoms with van der Waals surface area (Å²) in [6.45, 7) is 2.19. The molecule has 0 fully saturated rings. The van der Waals surface area contributed by atoms with E-state index in [0.717, 1.165) is 4.31 Å². The van der Waals surface area contributed by atoms with Crippen LogP contribution < -0.4 is 4.72 Å². The van der Waals surface area contributed by atoms with Crippen LogP contribution in [-0.4, -0.2) is 43.9 Å². The Hall–Kier alpha value is -0.660. The molecule has 0 atom stereocenters. The fraction of sp³-hybridized carbons (Fsp3) is 0.857. The van der Waals surface area contributed by atoms with Gasteiger partial charge in [0.1, 0.15) is 0 Å². The number of nitrogens with zero attached hydrogens (tertiary/aromatic N) is 1. The van der Waals surface area contributed by atoms with E-state index in [2.05, 4.69) is 4.72 Å². The number of aliphatic carboxylic acids is 1. The summed E-state index contributed by atoms with van der Waals surface area (Å²) in [5.41, 5.74) is 0. The van der Waals surface area contributed by atoms with Gasteiger partial charge in [-0.15, -0.1) is 0 Å². The van der Waals surface area contributed by atoms with Crippen LogP contribution in [0.3, 0.4) is 0 Å². The number of rotatable bonds is 7. The molecule has 84 valence electrons. The summed E-state index contributed by atoms with van der Waals surface area (Å²) in [6.07, 6.45) is 0.509. The molecule has 0 unspecified atom stereocenters. The summed E-state index contributed by atoms with van der Waals surface area (Å²) in [4.78, 5) is 10.2. The number of nitrogens with one attached hydrogen (secondary N) is 1. The summed E-state index contributed by atoms with van der Waals surface area (Å²) >= 11 is 0. The summed E-state index contributed by atoms with van der Waals surface area (Å²) in [5.74, 6) is -1.01. The molecule has 6 nitrogen and oxygen atoms in total. The van der Waals surface area contributed by atoms with E-state index in [1.807, 2.05) is 6.92 Å². The maximum absolute atomic E-state index is 11.3. The Bertz CT molecular complexity index is 275. The second-order valence-corrected chi connectivity index (χ2v) is 4.73. The molecule has 0 saturated heterocycles. The molecule has 0 aliphatic carbocycles. The van der Waals surface area contributed by atoms with Crippen LogP contribution in [0.4, 0.5) is 0 Å². The van der Waals surface area contributed by atoms with E-state index >= 15 is 0 Å². The molecule has 0 heterocycles. The molecule has 0 rings (SSSR count). The Balaban J connectivity index is 4.08. The lowest BCUT2D eigenvalue weighted by Crippen LogP contribution is -2.39. The topological polar surface area (TPSA) is 86.7 Å². The normalized spacial score (nSPS) is 11.9. The smallest absolute Gasteiger partial charge is 0.304 e. The molecule has 0 amide bonds. The van der Waals surface area contributed by atoms with Gasteiger partial charge in [-0.2, -0.15) is 12.7 Å². The molecular weight excluding hydrogens is 208 g/mol. The molecule has 0 aromatic carbocycles. The second kappa shape index (κ2) is 5.94. The van der Waals surface area contributed by atoms with Crippen LogP contribution in [0.2, 0.25) is 0 Å². The average Bonchev–Trinajstić information content (AvgIpc) is 2.10. The van der Waals surface area contributed by atoms with Gasteiger partial charge >= 0.3 is 5.97 Å². The van der Waals surface area contributed by atoms with Gasteiger partial charge in [0.05, 0.1) is 6.42 Å². The predicted molar refractivity (Wildman–Crippen MR) is 52.1 cm³/mol. The Morgan fingerprint density at radius 1 is 1.50 bits per heavy atom. The van der Waals surface area contributed by atoms with Gasteiger partial charge in [0, 0.05) is 20.1 Å². The van der Waals surface area contributed by atoms with Gasteiger partial charge in [0.2, 0.25) is 0 Å². The van der Waals surface area contributed by atoms with E-state index in [4.69, 9.17) is 5.11 Å². The minimum absolute atomic E-state index is 0.0195. The first-order valence-corrected chi connectivity index (χ1v) is 5.77. The largest absolute Gasteiger partial charge is 0.481 e. The lowest BCUT2D eigenvalue weighted by atomic mass is 10.4. The minimum Gasteiger partial charge on any atom is -0.481 e. The van der Waals surface area contributed by atoms with E-state index in [9.17, 15) is 13.2 Å². The number of hydrogen-bond acceptors (Lipinski definition) is 3. The third kappa shape index (κ3) is 5.15. The maximum Gasteiger partial charge on any atom is 0.304 e. The molecule has 7 heteroatoms. The van der Waals surface area contributed by atoms with E-state index in [-0.39, 0.29) is 13.0 Å². The summed E-state index contributed by atoms with van der Waals surface area (Å²) < 4.78 is 26.0. The highest BCUT2D eigenvalue weighted by molar-refractivity contribution is 7.87. The van der Waals surface area contributed by atoms with Crippen molar-refractivity contribution in [3.8, 4) is 0 Å². The highest BCUT2D eigenvalue weighted by atomic mass is 32.2. The van der Waals surface area contributed by atoms with Crippen LogP contribution in [0.25, 0.3) is 0 Å². The van der Waals surface area contributed by atoms with E-state index in [0.29, 0.717) is 13.0 Å². The van der Waals surface area contributed by atoms with Crippen molar-refractivity contribution >= 4 is 16.2 Å². The molecule has 0 aromatic heterocycles. The molecule has 0 bridgehead atoms. The first-order valence-electron chi connectivity index (χ1n) is 4.33. The quantitative estimate of drug-likeness (QED) is 0.618. The summed E-state index contributed by atoms with van der Waals surface area (Å²) in [6, 6.07) is 0. The SMILES string of the molecule is CCCNS(=O)(=O)N(C)CCC(=O)O. The summed E-state index contributed by atoms with van der Waals surface area (Å²) in [5, 5.41) is 8.36. The zero-order valence-electron chi connectivity index (χ0n) is 8.36. The molecule has 0 radical (unpaired) electrons. The van der Waals surface area contributed by atoms with E-state index in [1.54, 1.807) is 0 Å². The van der Waals surface area contributed by atoms with E-state index in [1.165, 1.54) is 7.05 Å². The Kier molecular flexibility index (Phi) is 5.66. The van der Waals surface area contributed by atoms with Crippen molar-refractivity contribution < 1.29 is 18.3 Å². The third-order valence-corrected chi connectivity index (χ3v) is 3.16. The number of hydrogen-bond donors (Lipinski definition) is 2. The van der Waals surface area contributed by atoms with Gasteiger partial charge in [-0.25, -0.2) is 4.72 Å². The number of carbonyl (C=O) groups is 1. The van der Waals surface area contributed by atoms with Gasteiger partial charge < -0.3 is 5.11 Å². The van der Waals surface area contributed by atoms with Crippen molar-refractivity contribution in [3.63, 3.8) is 0 Å². The molecule has 2 N–H and O–H groups in total. The minimum atomic E-state index is -3.50. The predicted octanol–water partition coefficient (Wildman–Crippen LogP) is -0.363. The van der Waals surface area contributed by atoms with E-state index < -0.39 is 16.2 Å². The van der Waals surface area contributed by atoms with Crippen molar-refractivity contribution in [3.05, 3.63) is 0 Å². The number of carboxylic acid groups (broad SMARTS) is 1. The van der Waals surface area contributed by atoms with Crippen molar-refractivity contribution in [1.82, 2.24) is 9.03 Å². The zero-order valence-corrected chi connectivity index (χ0v) is 9.17. The molecular formula is C7H16N2O4S. The monoisotopic (exact) mass is 224 g/mol. The first kappa shape index (κ1) is 13.3. The van der Waals surface area contributed by atoms with Gasteiger partial charge in [-0.05, 0) is 6.42 Å². The van der Waals surface area contributed by atoms with Gasteiger partial charge in [-0.3, -0.25) is 4.79 Å². The molecule has 0 saturated carbocycles.